The molecule has 0 bridgehead atoms. The number of rotatable bonds is 4. The number of aromatic hydroxyl groups is 1. The van der Waals surface area contributed by atoms with Gasteiger partial charge in [-0.3, -0.25) is 18.6 Å². The van der Waals surface area contributed by atoms with Gasteiger partial charge in [-0.15, -0.1) is 0 Å². The van der Waals surface area contributed by atoms with Crippen molar-refractivity contribution in [2.75, 3.05) is 7.11 Å². The number of benzene rings is 1. The van der Waals surface area contributed by atoms with E-state index in [0.29, 0.717) is 11.3 Å². The summed E-state index contributed by atoms with van der Waals surface area (Å²) in [4.78, 5) is 25.0. The summed E-state index contributed by atoms with van der Waals surface area (Å²) >= 11 is 0. The quantitative estimate of drug-likeness (QED) is 0.554. The molecule has 4 unspecified atom stereocenters. The number of nitrogens with zero attached hydrogens (tertiary/aromatic N) is 1. The topological polar surface area (TPSA) is 139 Å². The fraction of sp³-hybridized carbons (Fsp3) is 0.250. The van der Waals surface area contributed by atoms with Crippen molar-refractivity contribution in [3.05, 3.63) is 53.9 Å². The number of aliphatic hydroxyl groups is 1. The molecular weight excluding hydrogens is 396 g/mol. The second kappa shape index (κ2) is 7.04. The van der Waals surface area contributed by atoms with Crippen LogP contribution in [0.3, 0.4) is 0 Å². The molecule has 4 N–H and O–H groups in total. The Labute approximate surface area is 155 Å². The summed E-state index contributed by atoms with van der Waals surface area (Å²) in [6.07, 6.45) is 4.25. The minimum Gasteiger partial charge on any atom is -0.507 e. The Morgan fingerprint density at radius 1 is 1.33 bits per heavy atom. The van der Waals surface area contributed by atoms with Gasteiger partial charge in [0.15, 0.2) is 7.34 Å². The van der Waals surface area contributed by atoms with E-state index >= 15 is 0 Å². The minimum atomic E-state index is -4.87. The number of hydrogen-bond acceptors (Lipinski definition) is 8. The van der Waals surface area contributed by atoms with Gasteiger partial charge < -0.3 is 24.7 Å². The second-order valence-corrected chi connectivity index (χ2v) is 10.7. The smallest absolute Gasteiger partial charge is 0.371 e. The van der Waals surface area contributed by atoms with Crippen LogP contribution in [0.4, 0.5) is 0 Å². The molecule has 0 saturated carbocycles. The predicted octanol–water partition coefficient (Wildman–Crippen LogP) is 2.19. The van der Waals surface area contributed by atoms with Gasteiger partial charge in [0.05, 0.1) is 12.7 Å². The summed E-state index contributed by atoms with van der Waals surface area (Å²) in [5.74, 6) is 0.0170. The first-order valence-electron chi connectivity index (χ1n) is 7.74. The van der Waals surface area contributed by atoms with Gasteiger partial charge in [-0.1, -0.05) is 6.07 Å². The van der Waals surface area contributed by atoms with E-state index in [-0.39, 0.29) is 11.3 Å². The van der Waals surface area contributed by atoms with Crippen molar-refractivity contribution in [2.24, 2.45) is 0 Å². The molecule has 1 aliphatic rings. The number of aromatic nitrogens is 1. The van der Waals surface area contributed by atoms with Gasteiger partial charge in [0.2, 0.25) is 11.4 Å². The highest BCUT2D eigenvalue weighted by atomic mass is 31.2. The molecule has 4 atom stereocenters. The van der Waals surface area contributed by atoms with Crippen LogP contribution in [0.2, 0.25) is 0 Å². The number of phenols is 1. The minimum absolute atomic E-state index is 0.0471. The van der Waals surface area contributed by atoms with Gasteiger partial charge >= 0.3 is 7.60 Å². The number of ether oxygens (including phenoxy) is 1. The number of hydrogen-bond donors (Lipinski definition) is 4. The van der Waals surface area contributed by atoms with Crippen molar-refractivity contribution in [1.29, 1.82) is 0 Å². The zero-order valence-electron chi connectivity index (χ0n) is 14.3. The third-order valence-corrected chi connectivity index (χ3v) is 9.23. The van der Waals surface area contributed by atoms with E-state index in [4.69, 9.17) is 13.8 Å². The monoisotopic (exact) mass is 415 g/mol. The van der Waals surface area contributed by atoms with Crippen LogP contribution in [0.5, 0.6) is 11.5 Å². The lowest BCUT2D eigenvalue weighted by Crippen LogP contribution is -2.38. The van der Waals surface area contributed by atoms with Crippen LogP contribution in [0, 0.1) is 0 Å². The molecule has 2 aromatic rings. The Bertz CT molecular complexity index is 909. The van der Waals surface area contributed by atoms with Crippen LogP contribution in [0.25, 0.3) is 0 Å². The SMILES string of the molecule is C=P1(O)OC(c2cc(OC)ccc2O)OP(=O)(O)C1(O)Cc1cccnc1. The van der Waals surface area contributed by atoms with E-state index in [0.717, 1.165) is 0 Å². The Morgan fingerprint density at radius 3 is 2.67 bits per heavy atom. The van der Waals surface area contributed by atoms with Crippen molar-refractivity contribution < 1.29 is 38.3 Å². The van der Waals surface area contributed by atoms with E-state index in [1.165, 1.54) is 37.7 Å². The summed E-state index contributed by atoms with van der Waals surface area (Å²) < 4.78 is 28.4. The van der Waals surface area contributed by atoms with Crippen molar-refractivity contribution in [2.45, 2.75) is 17.8 Å². The van der Waals surface area contributed by atoms with Crippen LogP contribution >= 0.6 is 14.9 Å². The standard InChI is InChI=1S/C16H19NO8P2/c1-23-12-5-6-14(18)13(8-12)15-24-26(2,20)16(19,27(21,22)25-15)9-11-4-3-7-17-10-11/h3-8,10,15,18-20H,2,9H2,1H3,(H,21,22). The Morgan fingerprint density at radius 2 is 2.07 bits per heavy atom. The van der Waals surface area contributed by atoms with Crippen LogP contribution in [0.1, 0.15) is 17.4 Å². The third-order valence-electron chi connectivity index (χ3n) is 4.17. The number of phenolic OH excluding ortho intramolecular Hbond substituents is 1. The fourth-order valence-corrected chi connectivity index (χ4v) is 6.61. The molecule has 2 heterocycles. The number of methoxy groups -OCH3 is 1. The Hall–Kier alpha value is -1.70. The van der Waals surface area contributed by atoms with Gasteiger partial charge in [0, 0.05) is 18.8 Å². The molecule has 1 aromatic carbocycles. The molecule has 1 aromatic heterocycles. The van der Waals surface area contributed by atoms with Gasteiger partial charge in [-0.25, -0.2) is 0 Å². The van der Waals surface area contributed by atoms with Crippen LogP contribution in [0.15, 0.2) is 42.7 Å². The molecular formula is C16H19NO8P2. The third kappa shape index (κ3) is 3.56. The van der Waals surface area contributed by atoms with Crippen molar-refractivity contribution in [1.82, 2.24) is 4.98 Å². The summed E-state index contributed by atoms with van der Waals surface area (Å²) in [6, 6.07) is 7.20. The molecule has 27 heavy (non-hydrogen) atoms. The normalized spacial score (nSPS) is 33.6. The number of pyridine rings is 1. The molecule has 3 rings (SSSR count). The van der Waals surface area contributed by atoms with Gasteiger partial charge in [0.25, 0.3) is 0 Å². The maximum Gasteiger partial charge on any atom is 0.371 e. The lowest BCUT2D eigenvalue weighted by molar-refractivity contribution is -0.0484. The van der Waals surface area contributed by atoms with Crippen LogP contribution in [-0.2, 0) is 20.0 Å². The molecule has 0 amide bonds. The van der Waals surface area contributed by atoms with E-state index in [2.05, 4.69) is 11.3 Å². The average molecular weight is 415 g/mol. The lowest BCUT2D eigenvalue weighted by Gasteiger charge is -2.45. The zero-order chi connectivity index (χ0) is 19.9. The van der Waals surface area contributed by atoms with Crippen LogP contribution in [-0.4, -0.2) is 43.5 Å². The molecule has 146 valence electrons. The molecule has 0 spiro atoms. The van der Waals surface area contributed by atoms with Gasteiger partial charge in [0.1, 0.15) is 11.5 Å². The Kier molecular flexibility index (Phi) is 5.22. The van der Waals surface area contributed by atoms with Crippen molar-refractivity contribution >= 4 is 21.2 Å². The largest absolute Gasteiger partial charge is 0.507 e. The van der Waals surface area contributed by atoms with E-state index in [9.17, 15) is 24.6 Å². The predicted molar refractivity (Wildman–Crippen MR) is 98.5 cm³/mol. The van der Waals surface area contributed by atoms with Crippen molar-refractivity contribution in [3.8, 4) is 11.5 Å². The first-order valence-corrected chi connectivity index (χ1v) is 11.2. The first-order chi connectivity index (χ1) is 12.6. The molecule has 1 aliphatic heterocycles. The first kappa shape index (κ1) is 20.0. The maximum absolute atomic E-state index is 12.9. The van der Waals surface area contributed by atoms with Crippen molar-refractivity contribution in [3.63, 3.8) is 0 Å². The van der Waals surface area contributed by atoms with E-state index in [1.807, 2.05) is 0 Å². The highest BCUT2D eigenvalue weighted by Gasteiger charge is 2.62. The molecule has 1 fully saturated rings. The molecule has 1 saturated heterocycles. The summed E-state index contributed by atoms with van der Waals surface area (Å²) in [6.45, 7) is 0. The summed E-state index contributed by atoms with van der Waals surface area (Å²) in [5, 5.41) is 18.3. The fourth-order valence-electron chi connectivity index (χ4n) is 2.64. The molecule has 0 radical (unpaired) electrons. The average Bonchev–Trinajstić information content (AvgIpc) is 2.60. The molecule has 0 aliphatic carbocycles. The molecule has 11 heteroatoms. The van der Waals surface area contributed by atoms with Crippen LogP contribution < -0.4 is 4.74 Å². The summed E-state index contributed by atoms with van der Waals surface area (Å²) in [7, 11) is -7.60. The van der Waals surface area contributed by atoms with E-state index < -0.39 is 32.7 Å². The highest BCUT2D eigenvalue weighted by Crippen LogP contribution is 2.79. The van der Waals surface area contributed by atoms with Gasteiger partial charge in [-0.05, 0) is 36.1 Å². The van der Waals surface area contributed by atoms with E-state index in [1.54, 1.807) is 12.1 Å². The van der Waals surface area contributed by atoms with Gasteiger partial charge in [-0.2, -0.15) is 0 Å². The lowest BCUT2D eigenvalue weighted by atomic mass is 10.2. The summed E-state index contributed by atoms with van der Waals surface area (Å²) in [5.41, 5.74) is 0.334. The maximum atomic E-state index is 12.9. The Balaban J connectivity index is 2.00. The zero-order valence-corrected chi connectivity index (χ0v) is 16.1. The molecule has 9 nitrogen and oxygen atoms in total. The highest BCUT2D eigenvalue weighted by molar-refractivity contribution is 7.78. The second-order valence-electron chi connectivity index (χ2n) is 6.00.